The summed E-state index contributed by atoms with van der Waals surface area (Å²) in [6.45, 7) is 0. The smallest absolute Gasteiger partial charge is 0.423 e. The van der Waals surface area contributed by atoms with E-state index in [-0.39, 0.29) is 0 Å². The van der Waals surface area contributed by atoms with Crippen molar-refractivity contribution >= 4 is 23.9 Å². The second kappa shape index (κ2) is 3.96. The molecule has 1 heterocycles. The predicted molar refractivity (Wildman–Crippen MR) is 59.6 cm³/mol. The highest BCUT2D eigenvalue weighted by molar-refractivity contribution is 7.09. The van der Waals surface area contributed by atoms with Crippen LogP contribution in [0, 0.1) is 0 Å². The van der Waals surface area contributed by atoms with Crippen LogP contribution in [0.15, 0.2) is 41.1 Å². The minimum absolute atomic E-state index is 0.571. The standard InChI is InChI=1S/C10H9BO2S/c12-11(13)10-7-14-6-9(10)8-4-2-1-3-5-8/h1-7,12-13H. The molecule has 2 nitrogen and oxygen atoms in total. The van der Waals surface area contributed by atoms with Crippen molar-refractivity contribution in [2.24, 2.45) is 0 Å². The van der Waals surface area contributed by atoms with E-state index in [9.17, 15) is 0 Å². The highest BCUT2D eigenvalue weighted by Crippen LogP contribution is 2.19. The van der Waals surface area contributed by atoms with Gasteiger partial charge in [-0.15, -0.1) is 0 Å². The van der Waals surface area contributed by atoms with Gasteiger partial charge in [-0.05, 0) is 21.9 Å². The van der Waals surface area contributed by atoms with Crippen molar-refractivity contribution < 1.29 is 10.0 Å². The zero-order valence-electron chi connectivity index (χ0n) is 7.42. The summed E-state index contributed by atoms with van der Waals surface area (Å²) in [7, 11) is -1.39. The van der Waals surface area contributed by atoms with E-state index in [0.29, 0.717) is 5.46 Å². The Morgan fingerprint density at radius 3 is 2.36 bits per heavy atom. The lowest BCUT2D eigenvalue weighted by Gasteiger charge is -2.02. The first-order valence-corrected chi connectivity index (χ1v) is 5.21. The van der Waals surface area contributed by atoms with Crippen molar-refractivity contribution in [3.8, 4) is 11.1 Å². The Hall–Kier alpha value is -1.10. The Kier molecular flexibility index (Phi) is 2.68. The van der Waals surface area contributed by atoms with E-state index in [1.54, 1.807) is 5.38 Å². The van der Waals surface area contributed by atoms with Crippen LogP contribution in [-0.4, -0.2) is 17.2 Å². The molecule has 0 aliphatic rings. The normalized spacial score (nSPS) is 10.1. The molecule has 1 aromatic heterocycles. The zero-order chi connectivity index (χ0) is 9.97. The lowest BCUT2D eigenvalue weighted by atomic mass is 9.78. The zero-order valence-corrected chi connectivity index (χ0v) is 8.24. The molecule has 14 heavy (non-hydrogen) atoms. The minimum Gasteiger partial charge on any atom is -0.423 e. The molecule has 2 N–H and O–H groups in total. The fourth-order valence-corrected chi connectivity index (χ4v) is 2.23. The van der Waals surface area contributed by atoms with Gasteiger partial charge in [0.15, 0.2) is 0 Å². The lowest BCUT2D eigenvalue weighted by molar-refractivity contribution is 0.426. The van der Waals surface area contributed by atoms with Crippen molar-refractivity contribution in [1.29, 1.82) is 0 Å². The summed E-state index contributed by atoms with van der Waals surface area (Å²) in [4.78, 5) is 0. The van der Waals surface area contributed by atoms with Gasteiger partial charge in [-0.25, -0.2) is 0 Å². The molecule has 0 aliphatic carbocycles. The first-order chi connectivity index (χ1) is 6.79. The second-order valence-electron chi connectivity index (χ2n) is 2.98. The molecular weight excluding hydrogens is 195 g/mol. The van der Waals surface area contributed by atoms with Crippen LogP contribution < -0.4 is 5.46 Å². The topological polar surface area (TPSA) is 40.5 Å². The van der Waals surface area contributed by atoms with E-state index in [1.165, 1.54) is 11.3 Å². The van der Waals surface area contributed by atoms with Gasteiger partial charge in [-0.2, -0.15) is 11.3 Å². The highest BCUT2D eigenvalue weighted by Gasteiger charge is 2.17. The van der Waals surface area contributed by atoms with Crippen LogP contribution in [0.25, 0.3) is 11.1 Å². The van der Waals surface area contributed by atoms with Gasteiger partial charge < -0.3 is 10.0 Å². The van der Waals surface area contributed by atoms with Crippen molar-refractivity contribution in [2.45, 2.75) is 0 Å². The molecule has 0 saturated carbocycles. The summed E-state index contributed by atoms with van der Waals surface area (Å²) in [5, 5.41) is 21.9. The van der Waals surface area contributed by atoms with E-state index >= 15 is 0 Å². The van der Waals surface area contributed by atoms with Gasteiger partial charge in [0.1, 0.15) is 0 Å². The van der Waals surface area contributed by atoms with Crippen LogP contribution in [0.5, 0.6) is 0 Å². The number of hydrogen-bond donors (Lipinski definition) is 2. The number of hydrogen-bond acceptors (Lipinski definition) is 3. The van der Waals surface area contributed by atoms with Crippen molar-refractivity contribution in [1.82, 2.24) is 0 Å². The molecule has 0 radical (unpaired) electrons. The van der Waals surface area contributed by atoms with Gasteiger partial charge >= 0.3 is 7.12 Å². The Morgan fingerprint density at radius 2 is 1.71 bits per heavy atom. The first-order valence-electron chi connectivity index (χ1n) is 4.26. The minimum atomic E-state index is -1.39. The number of benzene rings is 1. The molecule has 0 unspecified atom stereocenters. The van der Waals surface area contributed by atoms with Gasteiger partial charge in [0.2, 0.25) is 0 Å². The Labute approximate surface area is 86.6 Å². The van der Waals surface area contributed by atoms with E-state index < -0.39 is 7.12 Å². The molecule has 70 valence electrons. The van der Waals surface area contributed by atoms with E-state index in [1.807, 2.05) is 35.7 Å². The maximum atomic E-state index is 9.12. The summed E-state index contributed by atoms with van der Waals surface area (Å²) < 4.78 is 0. The van der Waals surface area contributed by atoms with Gasteiger partial charge in [-0.3, -0.25) is 0 Å². The highest BCUT2D eigenvalue weighted by atomic mass is 32.1. The molecular formula is C10H9BO2S. The Bertz CT molecular complexity index is 411. The summed E-state index contributed by atoms with van der Waals surface area (Å²) >= 11 is 1.47. The third kappa shape index (κ3) is 1.72. The van der Waals surface area contributed by atoms with Crippen LogP contribution in [0.3, 0.4) is 0 Å². The van der Waals surface area contributed by atoms with Crippen LogP contribution in [-0.2, 0) is 0 Å². The van der Waals surface area contributed by atoms with Crippen molar-refractivity contribution in [3.05, 3.63) is 41.1 Å². The van der Waals surface area contributed by atoms with E-state index in [2.05, 4.69) is 0 Å². The average Bonchev–Trinajstić information content (AvgIpc) is 2.67. The first kappa shape index (κ1) is 9.46. The molecule has 0 amide bonds. The largest absolute Gasteiger partial charge is 0.489 e. The summed E-state index contributed by atoms with van der Waals surface area (Å²) in [5.41, 5.74) is 2.48. The summed E-state index contributed by atoms with van der Waals surface area (Å²) in [6.07, 6.45) is 0. The van der Waals surface area contributed by atoms with E-state index in [0.717, 1.165) is 11.1 Å². The number of rotatable bonds is 2. The van der Waals surface area contributed by atoms with E-state index in [4.69, 9.17) is 10.0 Å². The predicted octanol–water partition coefficient (Wildman–Crippen LogP) is 1.09. The maximum absolute atomic E-state index is 9.12. The van der Waals surface area contributed by atoms with Crippen LogP contribution in [0.2, 0.25) is 0 Å². The monoisotopic (exact) mass is 204 g/mol. The summed E-state index contributed by atoms with van der Waals surface area (Å²) in [5.74, 6) is 0. The van der Waals surface area contributed by atoms with Crippen molar-refractivity contribution in [3.63, 3.8) is 0 Å². The molecule has 1 aromatic carbocycles. The fraction of sp³-hybridized carbons (Fsp3) is 0. The average molecular weight is 204 g/mol. The summed E-state index contributed by atoms with van der Waals surface area (Å²) in [6, 6.07) is 9.70. The quantitative estimate of drug-likeness (QED) is 0.719. The molecule has 2 rings (SSSR count). The third-order valence-corrected chi connectivity index (χ3v) is 2.82. The molecule has 0 atom stereocenters. The van der Waals surface area contributed by atoms with Gasteiger partial charge in [-0.1, -0.05) is 30.3 Å². The van der Waals surface area contributed by atoms with Crippen LogP contribution in [0.4, 0.5) is 0 Å². The Balaban J connectivity index is 2.47. The van der Waals surface area contributed by atoms with Crippen LogP contribution in [0.1, 0.15) is 0 Å². The molecule has 0 bridgehead atoms. The SMILES string of the molecule is OB(O)c1cscc1-c1ccccc1. The lowest BCUT2D eigenvalue weighted by Crippen LogP contribution is -2.29. The maximum Gasteiger partial charge on any atom is 0.489 e. The van der Waals surface area contributed by atoms with Gasteiger partial charge in [0, 0.05) is 5.46 Å². The molecule has 2 aromatic rings. The van der Waals surface area contributed by atoms with Gasteiger partial charge in [0.05, 0.1) is 0 Å². The fourth-order valence-electron chi connectivity index (χ4n) is 1.36. The Morgan fingerprint density at radius 1 is 1.00 bits per heavy atom. The molecule has 0 spiro atoms. The van der Waals surface area contributed by atoms with Crippen molar-refractivity contribution in [2.75, 3.05) is 0 Å². The van der Waals surface area contributed by atoms with Gasteiger partial charge in [0.25, 0.3) is 0 Å². The van der Waals surface area contributed by atoms with Crippen LogP contribution >= 0.6 is 11.3 Å². The molecule has 0 saturated heterocycles. The second-order valence-corrected chi connectivity index (χ2v) is 3.72. The molecule has 0 aliphatic heterocycles. The molecule has 0 fully saturated rings. The third-order valence-electron chi connectivity index (χ3n) is 2.05. The molecule has 4 heteroatoms. The number of thiophene rings is 1.